The Morgan fingerprint density at radius 2 is 1.85 bits per heavy atom. The minimum absolute atomic E-state index is 0.0169. The van der Waals surface area contributed by atoms with Crippen molar-refractivity contribution >= 4 is 45.9 Å². The van der Waals surface area contributed by atoms with E-state index in [0.29, 0.717) is 29.3 Å². The summed E-state index contributed by atoms with van der Waals surface area (Å²) in [7, 11) is 7.41. The lowest BCUT2D eigenvalue weighted by Gasteiger charge is -2.29. The monoisotopic (exact) mass is 547 g/mol. The number of anilines is 3. The third-order valence-corrected chi connectivity index (χ3v) is 6.95. The molecule has 0 radical (unpaired) electrons. The van der Waals surface area contributed by atoms with Crippen molar-refractivity contribution in [1.82, 2.24) is 29.0 Å². The number of nitrogens with zero attached hydrogens (tertiary/aromatic N) is 8. The Balaban J connectivity index is 1.40. The Morgan fingerprint density at radius 1 is 1.10 bits per heavy atom. The Labute approximate surface area is 233 Å². The van der Waals surface area contributed by atoms with E-state index in [0.717, 1.165) is 35.4 Å². The highest BCUT2D eigenvalue weighted by Gasteiger charge is 2.32. The maximum Gasteiger partial charge on any atom is 0.410 e. The number of hydrogen-bond donors (Lipinski definition) is 1. The van der Waals surface area contributed by atoms with Gasteiger partial charge in [-0.2, -0.15) is 5.10 Å². The summed E-state index contributed by atoms with van der Waals surface area (Å²) in [6.45, 7) is 8.95. The highest BCUT2D eigenvalue weighted by Crippen LogP contribution is 2.32. The van der Waals surface area contributed by atoms with E-state index in [9.17, 15) is 9.59 Å². The van der Waals surface area contributed by atoms with E-state index < -0.39 is 5.60 Å². The van der Waals surface area contributed by atoms with Crippen molar-refractivity contribution in [1.29, 1.82) is 0 Å². The molecule has 3 aromatic heterocycles. The van der Waals surface area contributed by atoms with Gasteiger partial charge in [-0.1, -0.05) is 0 Å². The number of imidazole rings is 1. The fourth-order valence-corrected chi connectivity index (χ4v) is 5.07. The summed E-state index contributed by atoms with van der Waals surface area (Å²) in [5.74, 6) is 0.774. The zero-order chi connectivity index (χ0) is 28.9. The average Bonchev–Trinajstić information content (AvgIpc) is 3.58. The average molecular weight is 548 g/mol. The van der Waals surface area contributed by atoms with Crippen molar-refractivity contribution in [3.63, 3.8) is 0 Å². The molecular formula is C28H37N9O3. The molecule has 1 N–H and O–H groups in total. The molecule has 1 aliphatic heterocycles. The van der Waals surface area contributed by atoms with Gasteiger partial charge in [0.2, 0.25) is 0 Å². The third-order valence-electron chi connectivity index (χ3n) is 6.95. The lowest BCUT2D eigenvalue weighted by atomic mass is 10.1. The van der Waals surface area contributed by atoms with Crippen LogP contribution >= 0.6 is 0 Å². The molecule has 5 rings (SSSR count). The first-order valence-electron chi connectivity index (χ1n) is 13.3. The summed E-state index contributed by atoms with van der Waals surface area (Å²) >= 11 is 0. The Hall–Kier alpha value is -4.35. The van der Waals surface area contributed by atoms with Crippen LogP contribution in [0.3, 0.4) is 0 Å². The van der Waals surface area contributed by atoms with Gasteiger partial charge in [-0.05, 0) is 46.2 Å². The van der Waals surface area contributed by atoms with Crippen LogP contribution in [0.4, 0.5) is 22.1 Å². The number of amides is 2. The second-order valence-corrected chi connectivity index (χ2v) is 11.6. The molecule has 212 valence electrons. The topological polar surface area (TPSA) is 113 Å². The molecule has 12 nitrogen and oxygen atoms in total. The van der Waals surface area contributed by atoms with E-state index in [-0.39, 0.29) is 18.0 Å². The van der Waals surface area contributed by atoms with Gasteiger partial charge in [-0.3, -0.25) is 9.48 Å². The highest BCUT2D eigenvalue weighted by molar-refractivity contribution is 6.13. The molecule has 0 bridgehead atoms. The van der Waals surface area contributed by atoms with Crippen LogP contribution in [0.2, 0.25) is 0 Å². The van der Waals surface area contributed by atoms with Gasteiger partial charge in [-0.15, -0.1) is 0 Å². The van der Waals surface area contributed by atoms with Crippen LogP contribution in [-0.4, -0.2) is 86.9 Å². The van der Waals surface area contributed by atoms with Crippen molar-refractivity contribution < 1.29 is 14.3 Å². The number of hydrogen-bond acceptors (Lipinski definition) is 8. The zero-order valence-corrected chi connectivity index (χ0v) is 24.4. The SMILES string of the molecule is Cc1cn2cc(NC(=O)c3ccc(N4CCC(N(C)C(=O)OC(C)(C)C)C4)c4cn(C)nc34)nc(N(C)C)c2n1. The van der Waals surface area contributed by atoms with Crippen molar-refractivity contribution in [3.8, 4) is 0 Å². The number of benzene rings is 1. The van der Waals surface area contributed by atoms with E-state index in [4.69, 9.17) is 4.74 Å². The normalized spacial score (nSPS) is 15.6. The van der Waals surface area contributed by atoms with Crippen LogP contribution in [0, 0.1) is 6.92 Å². The third kappa shape index (κ3) is 5.25. The standard InChI is InChI=1S/C28H37N9O3/c1-17-13-37-16-22(30-24(33(5)6)25(37)29-17)31-26(38)19-9-10-21(20-15-34(7)32-23(19)20)36-12-11-18(14-36)35(8)27(39)40-28(2,3)4/h9-10,13,15-16,18H,11-12,14H2,1-8H3,(H,31,38). The number of carbonyl (C=O) groups excluding carboxylic acids is 2. The first-order valence-corrected chi connectivity index (χ1v) is 13.3. The van der Waals surface area contributed by atoms with Gasteiger partial charge in [0.25, 0.3) is 5.91 Å². The second-order valence-electron chi connectivity index (χ2n) is 11.6. The summed E-state index contributed by atoms with van der Waals surface area (Å²) in [4.78, 5) is 41.1. The minimum Gasteiger partial charge on any atom is -0.444 e. The van der Waals surface area contributed by atoms with E-state index in [2.05, 4.69) is 25.3 Å². The molecule has 0 aliphatic carbocycles. The number of aryl methyl sites for hydroxylation is 2. The van der Waals surface area contributed by atoms with Gasteiger partial charge in [0, 0.05) is 64.7 Å². The van der Waals surface area contributed by atoms with Crippen molar-refractivity contribution in [2.24, 2.45) is 7.05 Å². The van der Waals surface area contributed by atoms with Crippen LogP contribution in [-0.2, 0) is 11.8 Å². The minimum atomic E-state index is -0.547. The van der Waals surface area contributed by atoms with Gasteiger partial charge in [0.05, 0.1) is 23.5 Å². The number of carbonyl (C=O) groups is 2. The van der Waals surface area contributed by atoms with Crippen molar-refractivity contribution in [2.75, 3.05) is 49.3 Å². The van der Waals surface area contributed by atoms with Crippen LogP contribution in [0.5, 0.6) is 0 Å². The van der Waals surface area contributed by atoms with Crippen LogP contribution in [0.1, 0.15) is 43.2 Å². The van der Waals surface area contributed by atoms with Gasteiger partial charge >= 0.3 is 6.09 Å². The summed E-state index contributed by atoms with van der Waals surface area (Å²) in [6, 6.07) is 3.77. The smallest absolute Gasteiger partial charge is 0.410 e. The molecule has 1 unspecified atom stereocenters. The molecule has 1 atom stereocenters. The second kappa shape index (κ2) is 10.00. The number of ether oxygens (including phenoxy) is 1. The van der Waals surface area contributed by atoms with Crippen molar-refractivity contribution in [3.05, 3.63) is 42.0 Å². The zero-order valence-electron chi connectivity index (χ0n) is 24.4. The first-order chi connectivity index (χ1) is 18.8. The maximum absolute atomic E-state index is 13.5. The molecule has 1 saturated heterocycles. The van der Waals surface area contributed by atoms with E-state index in [1.807, 2.05) is 76.6 Å². The number of rotatable bonds is 5. The predicted molar refractivity (Wildman–Crippen MR) is 155 cm³/mol. The fourth-order valence-electron chi connectivity index (χ4n) is 5.07. The molecule has 1 aliphatic rings. The number of fused-ring (bicyclic) bond motifs is 2. The van der Waals surface area contributed by atoms with E-state index in [1.54, 1.807) is 28.9 Å². The fraction of sp³-hybridized carbons (Fsp3) is 0.464. The lowest BCUT2D eigenvalue weighted by molar-refractivity contribution is 0.0237. The first kappa shape index (κ1) is 27.2. The van der Waals surface area contributed by atoms with E-state index in [1.165, 1.54) is 0 Å². The van der Waals surface area contributed by atoms with Crippen molar-refractivity contribution in [2.45, 2.75) is 45.8 Å². The van der Waals surface area contributed by atoms with Gasteiger partial charge in [0.1, 0.15) is 11.1 Å². The predicted octanol–water partition coefficient (Wildman–Crippen LogP) is 3.69. The quantitative estimate of drug-likeness (QED) is 0.403. The Morgan fingerprint density at radius 3 is 2.55 bits per heavy atom. The molecule has 40 heavy (non-hydrogen) atoms. The maximum atomic E-state index is 13.5. The van der Waals surface area contributed by atoms with E-state index >= 15 is 0 Å². The Kier molecular flexibility index (Phi) is 6.80. The van der Waals surface area contributed by atoms with Gasteiger partial charge in [0.15, 0.2) is 17.3 Å². The number of nitrogens with one attached hydrogen (secondary N) is 1. The Bertz CT molecular complexity index is 1600. The van der Waals surface area contributed by atoms with Crippen LogP contribution < -0.4 is 15.1 Å². The summed E-state index contributed by atoms with van der Waals surface area (Å²) in [5.41, 5.74) is 3.07. The molecular weight excluding hydrogens is 510 g/mol. The van der Waals surface area contributed by atoms with Gasteiger partial charge < -0.3 is 29.2 Å². The lowest BCUT2D eigenvalue weighted by Crippen LogP contribution is -2.42. The van der Waals surface area contributed by atoms with Crippen LogP contribution in [0.25, 0.3) is 16.6 Å². The summed E-state index contributed by atoms with van der Waals surface area (Å²) in [5, 5.41) is 8.46. The molecule has 4 aromatic rings. The number of aromatic nitrogens is 5. The van der Waals surface area contributed by atoms with Gasteiger partial charge in [-0.25, -0.2) is 14.8 Å². The molecule has 12 heteroatoms. The molecule has 1 aromatic carbocycles. The summed E-state index contributed by atoms with van der Waals surface area (Å²) < 4.78 is 9.14. The largest absolute Gasteiger partial charge is 0.444 e. The molecule has 0 spiro atoms. The molecule has 4 heterocycles. The molecule has 0 saturated carbocycles. The van der Waals surface area contributed by atoms with Crippen LogP contribution in [0.15, 0.2) is 30.7 Å². The molecule has 1 fully saturated rings. The summed E-state index contributed by atoms with van der Waals surface area (Å²) in [6.07, 6.45) is 6.07. The highest BCUT2D eigenvalue weighted by atomic mass is 16.6. The number of likely N-dealkylation sites (N-methyl/N-ethyl adjacent to an activating group) is 1. The molecule has 2 amide bonds.